The molecule has 0 spiro atoms. The molecule has 0 aliphatic carbocycles. The Hall–Kier alpha value is -3.06. The van der Waals surface area contributed by atoms with E-state index < -0.39 is 11.8 Å². The van der Waals surface area contributed by atoms with Gasteiger partial charge in [0.15, 0.2) is 0 Å². The zero-order valence-electron chi connectivity index (χ0n) is 16.1. The molecule has 0 aliphatic rings. The first-order valence-electron chi connectivity index (χ1n) is 9.06. The third-order valence-corrected chi connectivity index (χ3v) is 4.39. The van der Waals surface area contributed by atoms with Gasteiger partial charge in [-0.3, -0.25) is 9.59 Å². The smallest absolute Gasteiger partial charge is 0.313 e. The topological polar surface area (TPSA) is 96.9 Å². The Bertz CT molecular complexity index is 780. The Morgan fingerprint density at radius 2 is 1.75 bits per heavy atom. The molecule has 0 radical (unpaired) electrons. The van der Waals surface area contributed by atoms with E-state index in [4.69, 9.17) is 9.47 Å². The molecular weight excluding hydrogens is 360 g/mol. The van der Waals surface area contributed by atoms with Gasteiger partial charge in [0, 0.05) is 19.2 Å². The number of aliphatic hydroxyl groups is 1. The van der Waals surface area contributed by atoms with Crippen LogP contribution in [0, 0.1) is 0 Å². The van der Waals surface area contributed by atoms with Gasteiger partial charge in [0.25, 0.3) is 0 Å². The van der Waals surface area contributed by atoms with Crippen LogP contribution >= 0.6 is 0 Å². The zero-order chi connectivity index (χ0) is 20.4. The number of amides is 2. The van der Waals surface area contributed by atoms with Crippen LogP contribution in [0.5, 0.6) is 11.5 Å². The van der Waals surface area contributed by atoms with E-state index in [1.165, 1.54) is 14.2 Å². The molecule has 1 atom stereocenters. The highest BCUT2D eigenvalue weighted by atomic mass is 16.5. The lowest BCUT2D eigenvalue weighted by Crippen LogP contribution is -2.36. The first kappa shape index (κ1) is 21.2. The lowest BCUT2D eigenvalue weighted by molar-refractivity contribution is -0.136. The van der Waals surface area contributed by atoms with E-state index in [0.29, 0.717) is 36.6 Å². The molecule has 7 heteroatoms. The molecular formula is C21H26N2O5. The molecule has 150 valence electrons. The van der Waals surface area contributed by atoms with Crippen molar-refractivity contribution >= 4 is 17.5 Å². The maximum Gasteiger partial charge on any atom is 0.313 e. The summed E-state index contributed by atoms with van der Waals surface area (Å²) in [6.45, 7) is 0.380. The number of methoxy groups -OCH3 is 2. The van der Waals surface area contributed by atoms with Crippen molar-refractivity contribution in [3.8, 4) is 11.5 Å². The normalized spacial score (nSPS) is 11.4. The number of nitrogens with one attached hydrogen (secondary N) is 2. The van der Waals surface area contributed by atoms with E-state index in [2.05, 4.69) is 10.6 Å². The number of ether oxygens (including phenoxy) is 2. The predicted molar refractivity (Wildman–Crippen MR) is 107 cm³/mol. The van der Waals surface area contributed by atoms with Gasteiger partial charge in [-0.1, -0.05) is 30.3 Å². The summed E-state index contributed by atoms with van der Waals surface area (Å²) in [5, 5.41) is 14.4. The summed E-state index contributed by atoms with van der Waals surface area (Å²) in [4.78, 5) is 24.3. The van der Waals surface area contributed by atoms with Gasteiger partial charge in [-0.25, -0.2) is 0 Å². The average Bonchev–Trinajstić information content (AvgIpc) is 2.73. The second-order valence-corrected chi connectivity index (χ2v) is 6.18. The van der Waals surface area contributed by atoms with Crippen LogP contribution < -0.4 is 20.1 Å². The van der Waals surface area contributed by atoms with E-state index >= 15 is 0 Å². The summed E-state index contributed by atoms with van der Waals surface area (Å²) in [5.41, 5.74) is 1.45. The van der Waals surface area contributed by atoms with E-state index in [0.717, 1.165) is 5.56 Å². The van der Waals surface area contributed by atoms with Crippen LogP contribution in [-0.4, -0.2) is 44.3 Å². The van der Waals surface area contributed by atoms with Crippen LogP contribution in [0.15, 0.2) is 48.5 Å². The first-order chi connectivity index (χ1) is 13.6. The second kappa shape index (κ2) is 10.9. The lowest BCUT2D eigenvalue weighted by Gasteiger charge is -2.16. The van der Waals surface area contributed by atoms with Crippen molar-refractivity contribution in [2.75, 3.05) is 32.7 Å². The minimum atomic E-state index is -0.787. The number of benzene rings is 2. The second-order valence-electron chi connectivity index (χ2n) is 6.18. The van der Waals surface area contributed by atoms with E-state index in [1.54, 1.807) is 18.2 Å². The fourth-order valence-electron chi connectivity index (χ4n) is 2.89. The van der Waals surface area contributed by atoms with Gasteiger partial charge in [0.2, 0.25) is 0 Å². The minimum absolute atomic E-state index is 0.0592. The van der Waals surface area contributed by atoms with Gasteiger partial charge in [-0.15, -0.1) is 0 Å². The molecule has 0 heterocycles. The van der Waals surface area contributed by atoms with Crippen molar-refractivity contribution in [1.29, 1.82) is 0 Å². The van der Waals surface area contributed by atoms with Crippen LogP contribution in [0.2, 0.25) is 0 Å². The Balaban J connectivity index is 1.91. The molecule has 0 fully saturated rings. The quantitative estimate of drug-likeness (QED) is 0.575. The van der Waals surface area contributed by atoms with Crippen LogP contribution in [0.1, 0.15) is 24.3 Å². The van der Waals surface area contributed by atoms with Crippen molar-refractivity contribution in [3.05, 3.63) is 54.1 Å². The zero-order valence-corrected chi connectivity index (χ0v) is 16.1. The van der Waals surface area contributed by atoms with E-state index in [9.17, 15) is 14.7 Å². The monoisotopic (exact) mass is 386 g/mol. The van der Waals surface area contributed by atoms with Gasteiger partial charge in [-0.2, -0.15) is 0 Å². The predicted octanol–water partition coefficient (Wildman–Crippen LogP) is 2.31. The summed E-state index contributed by atoms with van der Waals surface area (Å²) in [5.74, 6) is -0.459. The van der Waals surface area contributed by atoms with Gasteiger partial charge in [0.05, 0.1) is 19.9 Å². The molecule has 3 N–H and O–H groups in total. The molecule has 0 aliphatic heterocycles. The molecule has 2 amide bonds. The summed E-state index contributed by atoms with van der Waals surface area (Å²) < 4.78 is 10.3. The number of anilines is 1. The molecule has 0 aromatic heterocycles. The Kier molecular flexibility index (Phi) is 8.30. The largest absolute Gasteiger partial charge is 0.497 e. The van der Waals surface area contributed by atoms with Crippen molar-refractivity contribution < 1.29 is 24.2 Å². The minimum Gasteiger partial charge on any atom is -0.497 e. The van der Waals surface area contributed by atoms with E-state index in [1.807, 2.05) is 30.3 Å². The van der Waals surface area contributed by atoms with Crippen molar-refractivity contribution in [3.63, 3.8) is 0 Å². The maximum absolute atomic E-state index is 12.2. The van der Waals surface area contributed by atoms with Crippen LogP contribution in [0.25, 0.3) is 0 Å². The molecule has 7 nitrogen and oxygen atoms in total. The van der Waals surface area contributed by atoms with Crippen molar-refractivity contribution in [2.24, 2.45) is 0 Å². The highest BCUT2D eigenvalue weighted by Gasteiger charge is 2.17. The van der Waals surface area contributed by atoms with Crippen LogP contribution in [0.3, 0.4) is 0 Å². The van der Waals surface area contributed by atoms with Gasteiger partial charge in [0.1, 0.15) is 11.5 Å². The summed E-state index contributed by atoms with van der Waals surface area (Å²) >= 11 is 0. The van der Waals surface area contributed by atoms with Crippen LogP contribution in [0.4, 0.5) is 5.69 Å². The average molecular weight is 386 g/mol. The van der Waals surface area contributed by atoms with Crippen LogP contribution in [-0.2, 0) is 9.59 Å². The maximum atomic E-state index is 12.2. The fourth-order valence-corrected chi connectivity index (χ4v) is 2.89. The first-order valence-corrected chi connectivity index (χ1v) is 9.06. The number of hydrogen-bond donors (Lipinski definition) is 3. The molecule has 2 rings (SSSR count). The number of carbonyl (C=O) groups is 2. The number of hydrogen-bond acceptors (Lipinski definition) is 5. The molecule has 0 saturated carbocycles. The Labute approximate surface area is 164 Å². The molecule has 2 aromatic rings. The molecule has 1 unspecified atom stereocenters. The van der Waals surface area contributed by atoms with Crippen molar-refractivity contribution in [1.82, 2.24) is 5.32 Å². The Morgan fingerprint density at radius 3 is 2.39 bits per heavy atom. The molecule has 2 aromatic carbocycles. The molecule has 0 bridgehead atoms. The number of carbonyl (C=O) groups excluding carboxylic acids is 2. The van der Waals surface area contributed by atoms with Crippen molar-refractivity contribution in [2.45, 2.75) is 18.8 Å². The third-order valence-electron chi connectivity index (χ3n) is 4.39. The van der Waals surface area contributed by atoms with Gasteiger partial charge < -0.3 is 25.2 Å². The summed E-state index contributed by atoms with van der Waals surface area (Å²) in [6, 6.07) is 14.7. The molecule has 0 saturated heterocycles. The lowest BCUT2D eigenvalue weighted by atomic mass is 9.93. The summed E-state index contributed by atoms with van der Waals surface area (Å²) in [6.07, 6.45) is 1.21. The van der Waals surface area contributed by atoms with E-state index in [-0.39, 0.29) is 12.5 Å². The fraction of sp³-hybridized carbons (Fsp3) is 0.333. The Morgan fingerprint density at radius 1 is 1.00 bits per heavy atom. The van der Waals surface area contributed by atoms with Gasteiger partial charge in [-0.05, 0) is 36.5 Å². The summed E-state index contributed by atoms with van der Waals surface area (Å²) in [7, 11) is 2.98. The number of rotatable bonds is 9. The highest BCUT2D eigenvalue weighted by molar-refractivity contribution is 6.39. The number of aliphatic hydroxyl groups excluding tert-OH is 1. The highest BCUT2D eigenvalue weighted by Crippen LogP contribution is 2.28. The standard InChI is InChI=1S/C21H26N2O5/c1-27-17-8-9-19(28-2)18(14-17)23-21(26)20(25)22-12-10-16(11-13-24)15-6-4-3-5-7-15/h3-9,14,16,24H,10-13H2,1-2H3,(H,22,25)(H,23,26). The van der Waals surface area contributed by atoms with Gasteiger partial charge >= 0.3 is 11.8 Å². The molecule has 28 heavy (non-hydrogen) atoms. The SMILES string of the molecule is COc1ccc(OC)c(NC(=O)C(=O)NCCC(CCO)c2ccccc2)c1. The third kappa shape index (κ3) is 5.99.